The molecule has 0 spiro atoms. The van der Waals surface area contributed by atoms with Gasteiger partial charge in [0.25, 0.3) is 0 Å². The summed E-state index contributed by atoms with van der Waals surface area (Å²) in [6, 6.07) is 3.75. The van der Waals surface area contributed by atoms with Gasteiger partial charge in [-0.15, -0.1) is 0 Å². The van der Waals surface area contributed by atoms with Crippen molar-refractivity contribution in [3.63, 3.8) is 0 Å². The Hall–Kier alpha value is -1.62. The lowest BCUT2D eigenvalue weighted by Gasteiger charge is -2.20. The molecule has 0 saturated heterocycles. The first-order valence-corrected chi connectivity index (χ1v) is 6.40. The summed E-state index contributed by atoms with van der Waals surface area (Å²) in [4.78, 5) is 15.2. The van der Waals surface area contributed by atoms with Crippen molar-refractivity contribution in [2.45, 2.75) is 39.8 Å². The number of nitrogens with one attached hydrogen (secondary N) is 1. The molecule has 3 N–H and O–H groups in total. The molecule has 1 atom stereocenters. The van der Waals surface area contributed by atoms with Gasteiger partial charge in [-0.2, -0.15) is 0 Å². The SMILES string of the molecule is CC(COc1ccc(CNC(C)(C)C)nc1)C(N)=O. The van der Waals surface area contributed by atoms with Gasteiger partial charge in [0.2, 0.25) is 5.91 Å². The van der Waals surface area contributed by atoms with Crippen LogP contribution >= 0.6 is 0 Å². The second kappa shape index (κ2) is 6.52. The van der Waals surface area contributed by atoms with Gasteiger partial charge in [-0.3, -0.25) is 9.78 Å². The molecule has 1 aromatic heterocycles. The Morgan fingerprint density at radius 3 is 2.63 bits per heavy atom. The highest BCUT2D eigenvalue weighted by atomic mass is 16.5. The fourth-order valence-electron chi connectivity index (χ4n) is 1.26. The number of amides is 1. The molecule has 0 bridgehead atoms. The largest absolute Gasteiger partial charge is 0.491 e. The highest BCUT2D eigenvalue weighted by Crippen LogP contribution is 2.11. The molecule has 0 aliphatic rings. The summed E-state index contributed by atoms with van der Waals surface area (Å²) >= 11 is 0. The molecule has 0 saturated carbocycles. The van der Waals surface area contributed by atoms with Crippen molar-refractivity contribution >= 4 is 5.91 Å². The van der Waals surface area contributed by atoms with Gasteiger partial charge < -0.3 is 15.8 Å². The van der Waals surface area contributed by atoms with E-state index >= 15 is 0 Å². The quantitative estimate of drug-likeness (QED) is 0.816. The standard InChI is InChI=1S/C14H23N3O2/c1-10(13(15)18)9-19-12-6-5-11(16-8-12)7-17-14(2,3)4/h5-6,8,10,17H,7,9H2,1-4H3,(H2,15,18). The summed E-state index contributed by atoms with van der Waals surface area (Å²) in [6.07, 6.45) is 1.66. The van der Waals surface area contributed by atoms with Crippen LogP contribution in [0.1, 0.15) is 33.4 Å². The van der Waals surface area contributed by atoms with E-state index < -0.39 is 0 Å². The van der Waals surface area contributed by atoms with Crippen LogP contribution < -0.4 is 15.8 Å². The molecule has 1 rings (SSSR count). The predicted molar refractivity (Wildman–Crippen MR) is 74.7 cm³/mol. The Labute approximate surface area is 114 Å². The van der Waals surface area contributed by atoms with E-state index in [-0.39, 0.29) is 24.0 Å². The number of nitrogens with zero attached hydrogens (tertiary/aromatic N) is 1. The van der Waals surface area contributed by atoms with E-state index in [1.165, 1.54) is 0 Å². The highest BCUT2D eigenvalue weighted by molar-refractivity contribution is 5.76. The van der Waals surface area contributed by atoms with Gasteiger partial charge in [-0.1, -0.05) is 6.92 Å². The Morgan fingerprint density at radius 1 is 1.47 bits per heavy atom. The molecular weight excluding hydrogens is 242 g/mol. The summed E-state index contributed by atoms with van der Waals surface area (Å²) in [6.45, 7) is 9.04. The van der Waals surface area contributed by atoms with Crippen LogP contribution in [0, 0.1) is 5.92 Å². The molecule has 0 radical (unpaired) electrons. The van der Waals surface area contributed by atoms with Crippen molar-refractivity contribution < 1.29 is 9.53 Å². The molecule has 5 heteroatoms. The molecule has 19 heavy (non-hydrogen) atoms. The zero-order valence-corrected chi connectivity index (χ0v) is 12.1. The second-order valence-corrected chi connectivity index (χ2v) is 5.70. The monoisotopic (exact) mass is 265 g/mol. The third-order valence-corrected chi connectivity index (χ3v) is 2.58. The first-order valence-electron chi connectivity index (χ1n) is 6.40. The highest BCUT2D eigenvalue weighted by Gasteiger charge is 2.10. The van der Waals surface area contributed by atoms with E-state index in [0.717, 1.165) is 5.69 Å². The summed E-state index contributed by atoms with van der Waals surface area (Å²) in [5, 5.41) is 3.36. The third kappa shape index (κ3) is 6.20. The van der Waals surface area contributed by atoms with Crippen molar-refractivity contribution in [2.24, 2.45) is 11.7 Å². The molecule has 0 aliphatic carbocycles. The Balaban J connectivity index is 2.45. The maximum atomic E-state index is 10.9. The molecular formula is C14H23N3O2. The van der Waals surface area contributed by atoms with Gasteiger partial charge >= 0.3 is 0 Å². The Kier molecular flexibility index (Phi) is 5.30. The number of carbonyl (C=O) groups is 1. The van der Waals surface area contributed by atoms with Gasteiger partial charge in [0, 0.05) is 12.1 Å². The molecule has 0 aromatic carbocycles. The summed E-state index contributed by atoms with van der Waals surface area (Å²) in [7, 11) is 0. The van der Waals surface area contributed by atoms with E-state index in [1.54, 1.807) is 13.1 Å². The van der Waals surface area contributed by atoms with Gasteiger partial charge in [-0.25, -0.2) is 0 Å². The van der Waals surface area contributed by atoms with Crippen LogP contribution in [-0.2, 0) is 11.3 Å². The van der Waals surface area contributed by atoms with Crippen molar-refractivity contribution in [3.05, 3.63) is 24.0 Å². The van der Waals surface area contributed by atoms with E-state index in [4.69, 9.17) is 10.5 Å². The topological polar surface area (TPSA) is 77.2 Å². The summed E-state index contributed by atoms with van der Waals surface area (Å²) < 4.78 is 5.45. The molecule has 0 fully saturated rings. The van der Waals surface area contributed by atoms with Gasteiger partial charge in [0.1, 0.15) is 5.75 Å². The van der Waals surface area contributed by atoms with Crippen molar-refractivity contribution in [1.82, 2.24) is 10.3 Å². The number of carbonyl (C=O) groups excluding carboxylic acids is 1. The lowest BCUT2D eigenvalue weighted by atomic mass is 10.1. The molecule has 1 unspecified atom stereocenters. The molecule has 106 valence electrons. The number of rotatable bonds is 6. The van der Waals surface area contributed by atoms with Gasteiger partial charge in [0.05, 0.1) is 24.4 Å². The second-order valence-electron chi connectivity index (χ2n) is 5.70. The number of ether oxygens (including phenoxy) is 1. The lowest BCUT2D eigenvalue weighted by molar-refractivity contribution is -0.122. The fraction of sp³-hybridized carbons (Fsp3) is 0.571. The summed E-state index contributed by atoms with van der Waals surface area (Å²) in [5.74, 6) is -0.0196. The lowest BCUT2D eigenvalue weighted by Crippen LogP contribution is -2.35. The van der Waals surface area contributed by atoms with Crippen LogP contribution in [0.5, 0.6) is 5.75 Å². The van der Waals surface area contributed by atoms with E-state index in [1.807, 2.05) is 12.1 Å². The summed E-state index contributed by atoms with van der Waals surface area (Å²) in [5.41, 5.74) is 6.17. The van der Waals surface area contributed by atoms with E-state index in [9.17, 15) is 4.79 Å². The minimum atomic E-state index is -0.362. The molecule has 1 amide bonds. The molecule has 1 heterocycles. The maximum Gasteiger partial charge on any atom is 0.223 e. The van der Waals surface area contributed by atoms with Crippen molar-refractivity contribution in [3.8, 4) is 5.75 Å². The van der Waals surface area contributed by atoms with E-state index in [2.05, 4.69) is 31.1 Å². The number of hydrogen-bond donors (Lipinski definition) is 2. The normalized spacial score (nSPS) is 13.1. The zero-order valence-electron chi connectivity index (χ0n) is 12.1. The zero-order chi connectivity index (χ0) is 14.5. The molecule has 5 nitrogen and oxygen atoms in total. The van der Waals surface area contributed by atoms with Crippen LogP contribution in [-0.4, -0.2) is 23.0 Å². The number of nitrogens with two attached hydrogens (primary N) is 1. The van der Waals surface area contributed by atoms with Gasteiger partial charge in [-0.05, 0) is 32.9 Å². The first-order chi connectivity index (χ1) is 8.78. The van der Waals surface area contributed by atoms with Crippen LogP contribution in [0.2, 0.25) is 0 Å². The van der Waals surface area contributed by atoms with Crippen LogP contribution in [0.4, 0.5) is 0 Å². The predicted octanol–water partition coefficient (Wildman–Crippen LogP) is 1.47. The number of aromatic nitrogens is 1. The minimum Gasteiger partial charge on any atom is -0.491 e. The average molecular weight is 265 g/mol. The van der Waals surface area contributed by atoms with Crippen LogP contribution in [0.15, 0.2) is 18.3 Å². The Morgan fingerprint density at radius 2 is 2.16 bits per heavy atom. The van der Waals surface area contributed by atoms with Crippen molar-refractivity contribution in [1.29, 1.82) is 0 Å². The van der Waals surface area contributed by atoms with Gasteiger partial charge in [0.15, 0.2) is 0 Å². The Bertz CT molecular complexity index is 410. The minimum absolute atomic E-state index is 0.0633. The maximum absolute atomic E-state index is 10.9. The van der Waals surface area contributed by atoms with Crippen LogP contribution in [0.25, 0.3) is 0 Å². The van der Waals surface area contributed by atoms with Crippen LogP contribution in [0.3, 0.4) is 0 Å². The average Bonchev–Trinajstić information content (AvgIpc) is 2.33. The molecule has 0 aliphatic heterocycles. The smallest absolute Gasteiger partial charge is 0.223 e. The fourth-order valence-corrected chi connectivity index (χ4v) is 1.26. The number of primary amides is 1. The number of hydrogen-bond acceptors (Lipinski definition) is 4. The first kappa shape index (κ1) is 15.4. The third-order valence-electron chi connectivity index (χ3n) is 2.58. The van der Waals surface area contributed by atoms with E-state index in [0.29, 0.717) is 12.3 Å². The number of pyridine rings is 1. The molecule has 1 aromatic rings. The van der Waals surface area contributed by atoms with Crippen molar-refractivity contribution in [2.75, 3.05) is 6.61 Å².